The van der Waals surface area contributed by atoms with Gasteiger partial charge in [-0.15, -0.1) is 11.6 Å². The second kappa shape index (κ2) is 6.54. The molecule has 0 bridgehead atoms. The fraction of sp³-hybridized carbons (Fsp3) is 0.250. The lowest BCUT2D eigenvalue weighted by Gasteiger charge is -2.17. The predicted molar refractivity (Wildman–Crippen MR) is 83.4 cm³/mol. The number of ether oxygens (including phenoxy) is 2. The third kappa shape index (κ3) is 3.25. The second-order valence-corrected chi connectivity index (χ2v) is 5.44. The smallest absolute Gasteiger partial charge is 0.161 e. The summed E-state index contributed by atoms with van der Waals surface area (Å²) in [5.41, 5.74) is 2.40. The standard InChI is InChI=1S/C16H15Cl2FO2/c1-9-6-14(20-2)15(21-3)8-11(9)16(18)10-4-5-12(17)13(19)7-10/h4-8,16H,1-3H3. The first-order valence-corrected chi connectivity index (χ1v) is 7.11. The molecule has 1 unspecified atom stereocenters. The first kappa shape index (κ1) is 15.9. The van der Waals surface area contributed by atoms with Gasteiger partial charge in [0, 0.05) is 0 Å². The van der Waals surface area contributed by atoms with E-state index in [9.17, 15) is 4.39 Å². The average Bonchev–Trinajstić information content (AvgIpc) is 2.49. The molecule has 0 aliphatic rings. The molecular formula is C16H15Cl2FO2. The SMILES string of the molecule is COc1cc(C)c(C(Cl)c2ccc(Cl)c(F)c2)cc1OC. The van der Waals surface area contributed by atoms with Crippen LogP contribution in [0.3, 0.4) is 0 Å². The molecular weight excluding hydrogens is 314 g/mol. The van der Waals surface area contributed by atoms with Gasteiger partial charge in [0.05, 0.1) is 24.6 Å². The van der Waals surface area contributed by atoms with Crippen LogP contribution in [0.5, 0.6) is 11.5 Å². The number of rotatable bonds is 4. The molecule has 2 nitrogen and oxygen atoms in total. The highest BCUT2D eigenvalue weighted by atomic mass is 35.5. The Hall–Kier alpha value is -1.45. The van der Waals surface area contributed by atoms with Gasteiger partial charge in [0.15, 0.2) is 11.5 Å². The maximum Gasteiger partial charge on any atom is 0.161 e. The zero-order valence-corrected chi connectivity index (χ0v) is 13.4. The molecule has 0 aliphatic carbocycles. The Kier molecular flexibility index (Phi) is 4.96. The van der Waals surface area contributed by atoms with Crippen LogP contribution in [0.25, 0.3) is 0 Å². The number of methoxy groups -OCH3 is 2. The number of aryl methyl sites for hydroxylation is 1. The van der Waals surface area contributed by atoms with E-state index in [2.05, 4.69) is 0 Å². The van der Waals surface area contributed by atoms with E-state index in [0.29, 0.717) is 17.1 Å². The molecule has 2 aromatic carbocycles. The quantitative estimate of drug-likeness (QED) is 0.724. The third-order valence-corrected chi connectivity index (χ3v) is 4.08. The second-order valence-electron chi connectivity index (χ2n) is 4.60. The Morgan fingerprint density at radius 3 is 2.24 bits per heavy atom. The summed E-state index contributed by atoms with van der Waals surface area (Å²) in [6, 6.07) is 8.20. The van der Waals surface area contributed by atoms with Crippen molar-refractivity contribution in [2.75, 3.05) is 14.2 Å². The molecule has 0 radical (unpaired) electrons. The molecule has 0 aromatic heterocycles. The third-order valence-electron chi connectivity index (χ3n) is 3.28. The van der Waals surface area contributed by atoms with E-state index in [1.165, 1.54) is 12.1 Å². The number of alkyl halides is 1. The highest BCUT2D eigenvalue weighted by molar-refractivity contribution is 6.30. The molecule has 2 aromatic rings. The van der Waals surface area contributed by atoms with Gasteiger partial charge in [0.2, 0.25) is 0 Å². The molecule has 0 aliphatic heterocycles. The Morgan fingerprint density at radius 1 is 1.05 bits per heavy atom. The Morgan fingerprint density at radius 2 is 1.67 bits per heavy atom. The van der Waals surface area contributed by atoms with Crippen LogP contribution in [0.4, 0.5) is 4.39 Å². The molecule has 0 fully saturated rings. The molecule has 1 atom stereocenters. The summed E-state index contributed by atoms with van der Waals surface area (Å²) in [7, 11) is 3.13. The molecule has 0 heterocycles. The molecule has 5 heteroatoms. The van der Waals surface area contributed by atoms with Crippen molar-refractivity contribution in [1.82, 2.24) is 0 Å². The first-order chi connectivity index (χ1) is 9.97. The van der Waals surface area contributed by atoms with Gasteiger partial charge >= 0.3 is 0 Å². The lowest BCUT2D eigenvalue weighted by Crippen LogP contribution is -2.00. The maximum atomic E-state index is 13.6. The van der Waals surface area contributed by atoms with Crippen LogP contribution in [0, 0.1) is 12.7 Å². The van der Waals surface area contributed by atoms with Crippen LogP contribution < -0.4 is 9.47 Å². The van der Waals surface area contributed by atoms with Crippen LogP contribution in [0.1, 0.15) is 22.1 Å². The van der Waals surface area contributed by atoms with Crippen molar-refractivity contribution in [3.63, 3.8) is 0 Å². The average molecular weight is 329 g/mol. The van der Waals surface area contributed by atoms with Crippen molar-refractivity contribution >= 4 is 23.2 Å². The molecule has 0 spiro atoms. The van der Waals surface area contributed by atoms with Crippen molar-refractivity contribution in [1.29, 1.82) is 0 Å². The minimum Gasteiger partial charge on any atom is -0.493 e. The summed E-state index contributed by atoms with van der Waals surface area (Å²) in [5, 5.41) is -0.428. The number of benzene rings is 2. The molecule has 0 amide bonds. The fourth-order valence-electron chi connectivity index (χ4n) is 2.12. The molecule has 2 rings (SSSR count). The molecule has 0 saturated heterocycles. The van der Waals surface area contributed by atoms with Gasteiger partial charge in [-0.05, 0) is 47.9 Å². The minimum absolute atomic E-state index is 0.0756. The van der Waals surface area contributed by atoms with Crippen molar-refractivity contribution in [2.24, 2.45) is 0 Å². The minimum atomic E-state index is -0.503. The lowest BCUT2D eigenvalue weighted by atomic mass is 9.99. The van der Waals surface area contributed by atoms with Crippen LogP contribution in [-0.2, 0) is 0 Å². The van der Waals surface area contributed by atoms with Crippen molar-refractivity contribution in [2.45, 2.75) is 12.3 Å². The zero-order valence-electron chi connectivity index (χ0n) is 11.9. The molecule has 112 valence electrons. The van der Waals surface area contributed by atoms with Gasteiger partial charge in [0.25, 0.3) is 0 Å². The van der Waals surface area contributed by atoms with E-state index in [-0.39, 0.29) is 5.02 Å². The molecule has 0 saturated carbocycles. The van der Waals surface area contributed by atoms with E-state index in [0.717, 1.165) is 11.1 Å². The number of hydrogen-bond acceptors (Lipinski definition) is 2. The Labute approximate surface area is 133 Å². The van der Waals surface area contributed by atoms with E-state index in [1.54, 1.807) is 26.4 Å². The van der Waals surface area contributed by atoms with Gasteiger partial charge in [-0.1, -0.05) is 17.7 Å². The zero-order chi connectivity index (χ0) is 15.6. The van der Waals surface area contributed by atoms with Gasteiger partial charge in [-0.25, -0.2) is 4.39 Å². The van der Waals surface area contributed by atoms with Crippen LogP contribution in [-0.4, -0.2) is 14.2 Å². The van der Waals surface area contributed by atoms with Crippen LogP contribution >= 0.6 is 23.2 Å². The summed E-state index contributed by atoms with van der Waals surface area (Å²) in [5.74, 6) is 0.723. The highest BCUT2D eigenvalue weighted by Gasteiger charge is 2.18. The monoisotopic (exact) mass is 328 g/mol. The van der Waals surface area contributed by atoms with E-state index in [4.69, 9.17) is 32.7 Å². The van der Waals surface area contributed by atoms with Crippen molar-refractivity contribution in [3.05, 3.63) is 57.9 Å². The maximum absolute atomic E-state index is 13.6. The van der Waals surface area contributed by atoms with Gasteiger partial charge in [-0.3, -0.25) is 0 Å². The highest BCUT2D eigenvalue weighted by Crippen LogP contribution is 2.38. The Balaban J connectivity index is 2.47. The summed E-state index contributed by atoms with van der Waals surface area (Å²) in [6.45, 7) is 1.92. The van der Waals surface area contributed by atoms with Crippen molar-refractivity contribution < 1.29 is 13.9 Å². The number of halogens is 3. The van der Waals surface area contributed by atoms with Gasteiger partial charge in [0.1, 0.15) is 5.82 Å². The summed E-state index contributed by atoms with van der Waals surface area (Å²) >= 11 is 12.2. The summed E-state index contributed by atoms with van der Waals surface area (Å²) in [4.78, 5) is 0. The molecule has 0 N–H and O–H groups in total. The number of hydrogen-bond donors (Lipinski definition) is 0. The largest absolute Gasteiger partial charge is 0.493 e. The van der Waals surface area contributed by atoms with Crippen LogP contribution in [0.2, 0.25) is 5.02 Å². The van der Waals surface area contributed by atoms with E-state index >= 15 is 0 Å². The lowest BCUT2D eigenvalue weighted by molar-refractivity contribution is 0.354. The van der Waals surface area contributed by atoms with Gasteiger partial charge in [-0.2, -0.15) is 0 Å². The van der Waals surface area contributed by atoms with E-state index < -0.39 is 11.2 Å². The summed E-state index contributed by atoms with van der Waals surface area (Å²) in [6.07, 6.45) is 0. The van der Waals surface area contributed by atoms with Crippen molar-refractivity contribution in [3.8, 4) is 11.5 Å². The topological polar surface area (TPSA) is 18.5 Å². The van der Waals surface area contributed by atoms with E-state index in [1.807, 2.05) is 13.0 Å². The fourth-order valence-corrected chi connectivity index (χ4v) is 2.61. The van der Waals surface area contributed by atoms with Crippen LogP contribution in [0.15, 0.2) is 30.3 Å². The normalized spacial score (nSPS) is 12.1. The van der Waals surface area contributed by atoms with Gasteiger partial charge < -0.3 is 9.47 Å². The Bertz CT molecular complexity index is 659. The summed E-state index contributed by atoms with van der Waals surface area (Å²) < 4.78 is 24.1. The first-order valence-electron chi connectivity index (χ1n) is 6.29. The molecule has 21 heavy (non-hydrogen) atoms. The predicted octanol–water partition coefficient (Wildman–Crippen LogP) is 5.13.